The van der Waals surface area contributed by atoms with E-state index in [2.05, 4.69) is 31.0 Å². The molecule has 1 unspecified atom stereocenters. The predicted molar refractivity (Wildman–Crippen MR) is 89.3 cm³/mol. The highest BCUT2D eigenvalue weighted by Gasteiger charge is 2.09. The second kappa shape index (κ2) is 8.03. The summed E-state index contributed by atoms with van der Waals surface area (Å²) in [5.74, 6) is 0.938. The molecule has 2 aromatic carbocycles. The fraction of sp³-hybridized carbons (Fsp3) is 0.211. The van der Waals surface area contributed by atoms with E-state index in [9.17, 15) is 4.79 Å². The van der Waals surface area contributed by atoms with Crippen LogP contribution in [0.1, 0.15) is 28.8 Å². The van der Waals surface area contributed by atoms with Crippen molar-refractivity contribution in [3.05, 3.63) is 78.4 Å². The SMILES string of the molecule is C=CCOc1ccc(C(=O)NCC(C)c2ccccc2)cc1. The molecular formula is C19H21NO2. The van der Waals surface area contributed by atoms with E-state index in [1.807, 2.05) is 18.2 Å². The lowest BCUT2D eigenvalue weighted by Crippen LogP contribution is -2.27. The molecule has 0 aliphatic rings. The smallest absolute Gasteiger partial charge is 0.251 e. The van der Waals surface area contributed by atoms with Crippen LogP contribution < -0.4 is 10.1 Å². The molecule has 0 saturated heterocycles. The lowest BCUT2D eigenvalue weighted by molar-refractivity contribution is 0.0951. The summed E-state index contributed by atoms with van der Waals surface area (Å²) in [4.78, 5) is 12.1. The number of rotatable bonds is 7. The molecule has 3 heteroatoms. The first kappa shape index (κ1) is 15.8. The Morgan fingerprint density at radius 3 is 2.50 bits per heavy atom. The second-order valence-electron chi connectivity index (χ2n) is 5.15. The molecule has 0 saturated carbocycles. The molecule has 114 valence electrons. The summed E-state index contributed by atoms with van der Waals surface area (Å²) < 4.78 is 5.40. The van der Waals surface area contributed by atoms with Crippen molar-refractivity contribution >= 4 is 5.91 Å². The van der Waals surface area contributed by atoms with Crippen molar-refractivity contribution in [2.24, 2.45) is 0 Å². The van der Waals surface area contributed by atoms with Crippen LogP contribution in [0.15, 0.2) is 67.3 Å². The molecule has 0 radical (unpaired) electrons. The van der Waals surface area contributed by atoms with Crippen LogP contribution in [-0.4, -0.2) is 19.1 Å². The topological polar surface area (TPSA) is 38.3 Å². The predicted octanol–water partition coefficient (Wildman–Crippen LogP) is 3.78. The van der Waals surface area contributed by atoms with Gasteiger partial charge in [-0.1, -0.05) is 49.9 Å². The first-order valence-electron chi connectivity index (χ1n) is 7.37. The van der Waals surface area contributed by atoms with Crippen LogP contribution in [-0.2, 0) is 0 Å². The largest absolute Gasteiger partial charge is 0.490 e. The Bertz CT molecular complexity index is 605. The molecule has 0 aliphatic carbocycles. The van der Waals surface area contributed by atoms with Crippen molar-refractivity contribution in [1.29, 1.82) is 0 Å². The van der Waals surface area contributed by atoms with Crippen LogP contribution in [0.3, 0.4) is 0 Å². The highest BCUT2D eigenvalue weighted by molar-refractivity contribution is 5.94. The van der Waals surface area contributed by atoms with Gasteiger partial charge >= 0.3 is 0 Å². The van der Waals surface area contributed by atoms with Gasteiger partial charge in [0.1, 0.15) is 12.4 Å². The maximum absolute atomic E-state index is 12.1. The Morgan fingerprint density at radius 2 is 1.86 bits per heavy atom. The van der Waals surface area contributed by atoms with Gasteiger partial charge in [0.15, 0.2) is 0 Å². The van der Waals surface area contributed by atoms with E-state index < -0.39 is 0 Å². The lowest BCUT2D eigenvalue weighted by atomic mass is 10.0. The molecule has 0 bridgehead atoms. The van der Waals surface area contributed by atoms with Gasteiger partial charge in [-0.3, -0.25) is 4.79 Å². The first-order chi connectivity index (χ1) is 10.7. The van der Waals surface area contributed by atoms with Crippen LogP contribution in [0.4, 0.5) is 0 Å². The van der Waals surface area contributed by atoms with Gasteiger partial charge < -0.3 is 10.1 Å². The van der Waals surface area contributed by atoms with Gasteiger partial charge in [-0.2, -0.15) is 0 Å². The molecule has 0 fully saturated rings. The number of benzene rings is 2. The van der Waals surface area contributed by atoms with Crippen LogP contribution >= 0.6 is 0 Å². The molecule has 2 rings (SSSR count). The number of hydrogen-bond acceptors (Lipinski definition) is 2. The normalized spacial score (nSPS) is 11.5. The van der Waals surface area contributed by atoms with Crippen molar-refractivity contribution in [2.45, 2.75) is 12.8 Å². The molecule has 1 atom stereocenters. The van der Waals surface area contributed by atoms with E-state index in [-0.39, 0.29) is 11.8 Å². The quantitative estimate of drug-likeness (QED) is 0.789. The highest BCUT2D eigenvalue weighted by Crippen LogP contribution is 2.14. The zero-order chi connectivity index (χ0) is 15.8. The number of amides is 1. The van der Waals surface area contributed by atoms with E-state index in [0.717, 1.165) is 5.75 Å². The van der Waals surface area contributed by atoms with Crippen molar-refractivity contribution in [1.82, 2.24) is 5.32 Å². The molecule has 3 nitrogen and oxygen atoms in total. The first-order valence-corrected chi connectivity index (χ1v) is 7.37. The van der Waals surface area contributed by atoms with E-state index in [4.69, 9.17) is 4.74 Å². The Morgan fingerprint density at radius 1 is 1.18 bits per heavy atom. The summed E-state index contributed by atoms with van der Waals surface area (Å²) >= 11 is 0. The number of carbonyl (C=O) groups is 1. The third kappa shape index (κ3) is 4.48. The third-order valence-electron chi connectivity index (χ3n) is 3.42. The standard InChI is InChI=1S/C19H21NO2/c1-3-13-22-18-11-9-17(10-12-18)19(21)20-14-15(2)16-7-5-4-6-8-16/h3-12,15H,1,13-14H2,2H3,(H,20,21). The van der Waals surface area contributed by atoms with Crippen LogP contribution in [0, 0.1) is 0 Å². The van der Waals surface area contributed by atoms with Crippen molar-refractivity contribution in [3.8, 4) is 5.75 Å². The molecule has 0 aromatic heterocycles. The molecule has 0 aliphatic heterocycles. The minimum atomic E-state index is -0.0712. The molecule has 1 N–H and O–H groups in total. The van der Waals surface area contributed by atoms with E-state index in [1.54, 1.807) is 30.3 Å². The summed E-state index contributed by atoms with van der Waals surface area (Å²) in [5, 5.41) is 2.96. The van der Waals surface area contributed by atoms with Gasteiger partial charge in [0.05, 0.1) is 0 Å². The fourth-order valence-electron chi connectivity index (χ4n) is 2.10. The van der Waals surface area contributed by atoms with Crippen molar-refractivity contribution < 1.29 is 9.53 Å². The van der Waals surface area contributed by atoms with Gasteiger partial charge in [0.2, 0.25) is 0 Å². The van der Waals surface area contributed by atoms with Crippen LogP contribution in [0.5, 0.6) is 5.75 Å². The lowest BCUT2D eigenvalue weighted by Gasteiger charge is -2.13. The summed E-state index contributed by atoms with van der Waals surface area (Å²) in [5.41, 5.74) is 1.85. The Balaban J connectivity index is 1.88. The monoisotopic (exact) mass is 295 g/mol. The van der Waals surface area contributed by atoms with Crippen molar-refractivity contribution in [3.63, 3.8) is 0 Å². The molecule has 22 heavy (non-hydrogen) atoms. The zero-order valence-corrected chi connectivity index (χ0v) is 12.8. The van der Waals surface area contributed by atoms with Gasteiger partial charge in [-0.15, -0.1) is 0 Å². The molecule has 0 heterocycles. The summed E-state index contributed by atoms with van der Waals surface area (Å²) in [6.45, 7) is 6.76. The molecule has 2 aromatic rings. The van der Waals surface area contributed by atoms with Crippen LogP contribution in [0.25, 0.3) is 0 Å². The summed E-state index contributed by atoms with van der Waals surface area (Å²) in [7, 11) is 0. The van der Waals surface area contributed by atoms with Crippen LogP contribution in [0.2, 0.25) is 0 Å². The number of hydrogen-bond donors (Lipinski definition) is 1. The fourth-order valence-corrected chi connectivity index (χ4v) is 2.10. The summed E-state index contributed by atoms with van der Waals surface area (Å²) in [6, 6.07) is 17.3. The Labute approximate surface area is 131 Å². The van der Waals surface area contributed by atoms with E-state index in [1.165, 1.54) is 5.56 Å². The highest BCUT2D eigenvalue weighted by atomic mass is 16.5. The average molecular weight is 295 g/mol. The maximum atomic E-state index is 12.1. The third-order valence-corrected chi connectivity index (χ3v) is 3.42. The van der Waals surface area contributed by atoms with E-state index in [0.29, 0.717) is 18.7 Å². The number of nitrogens with one attached hydrogen (secondary N) is 1. The van der Waals surface area contributed by atoms with Gasteiger partial charge in [-0.05, 0) is 35.7 Å². The minimum Gasteiger partial charge on any atom is -0.490 e. The van der Waals surface area contributed by atoms with Gasteiger partial charge in [0, 0.05) is 12.1 Å². The number of carbonyl (C=O) groups excluding carboxylic acids is 1. The maximum Gasteiger partial charge on any atom is 0.251 e. The van der Waals surface area contributed by atoms with E-state index >= 15 is 0 Å². The molecule has 1 amide bonds. The van der Waals surface area contributed by atoms with Crippen molar-refractivity contribution in [2.75, 3.05) is 13.2 Å². The molecular weight excluding hydrogens is 274 g/mol. The Hall–Kier alpha value is -2.55. The number of ether oxygens (including phenoxy) is 1. The molecule has 0 spiro atoms. The minimum absolute atomic E-state index is 0.0712. The van der Waals surface area contributed by atoms with Gasteiger partial charge in [0.25, 0.3) is 5.91 Å². The second-order valence-corrected chi connectivity index (χ2v) is 5.15. The average Bonchev–Trinajstić information content (AvgIpc) is 2.58. The Kier molecular flexibility index (Phi) is 5.78. The summed E-state index contributed by atoms with van der Waals surface area (Å²) in [6.07, 6.45) is 1.69. The zero-order valence-electron chi connectivity index (χ0n) is 12.8. The van der Waals surface area contributed by atoms with Gasteiger partial charge in [-0.25, -0.2) is 0 Å².